The van der Waals surface area contributed by atoms with Gasteiger partial charge in [0.1, 0.15) is 13.2 Å². The van der Waals surface area contributed by atoms with E-state index in [0.717, 1.165) is 50.8 Å². The highest BCUT2D eigenvalue weighted by Gasteiger charge is 2.16. The summed E-state index contributed by atoms with van der Waals surface area (Å²) >= 11 is 1.54. The van der Waals surface area contributed by atoms with Crippen LogP contribution in [0.2, 0.25) is 0 Å². The van der Waals surface area contributed by atoms with E-state index in [4.69, 9.17) is 14.6 Å². The van der Waals surface area contributed by atoms with E-state index >= 15 is 0 Å². The van der Waals surface area contributed by atoms with Crippen LogP contribution in [-0.2, 0) is 23.9 Å². The number of carbonyl (C=O) groups is 3. The Morgan fingerprint density at radius 3 is 1.29 bits per heavy atom. The lowest BCUT2D eigenvalue weighted by molar-refractivity contribution is -0.147. The van der Waals surface area contributed by atoms with Crippen molar-refractivity contribution in [2.75, 3.05) is 64.6 Å². The molecule has 9 heteroatoms. The second kappa shape index (κ2) is 36.9. The molecule has 1 amide bonds. The minimum absolute atomic E-state index is 0.0485. The summed E-state index contributed by atoms with van der Waals surface area (Å²) < 4.78 is 10.9. The fourth-order valence-electron chi connectivity index (χ4n) is 5.67. The lowest BCUT2D eigenvalue weighted by atomic mass is 10.1. The van der Waals surface area contributed by atoms with E-state index in [1.807, 2.05) is 11.9 Å². The first-order chi connectivity index (χ1) is 23.4. The third kappa shape index (κ3) is 33.2. The second-order valence-corrected chi connectivity index (χ2v) is 14.6. The molecule has 0 aromatic rings. The number of carbonyl (C=O) groups excluding carboxylic acids is 3. The first-order valence-electron chi connectivity index (χ1n) is 19.9. The summed E-state index contributed by atoms with van der Waals surface area (Å²) in [7, 11) is 1.95. The van der Waals surface area contributed by atoms with Crippen LogP contribution < -0.4 is 0 Å². The molecule has 0 aliphatic rings. The van der Waals surface area contributed by atoms with Crippen molar-refractivity contribution in [1.29, 1.82) is 0 Å². The van der Waals surface area contributed by atoms with Crippen LogP contribution in [0.5, 0.6) is 0 Å². The number of hydrogen-bond acceptors (Lipinski definition) is 8. The monoisotopic (exact) mass is 701 g/mol. The molecule has 0 rings (SSSR count). The molecule has 0 fully saturated rings. The van der Waals surface area contributed by atoms with Gasteiger partial charge in [-0.1, -0.05) is 142 Å². The van der Waals surface area contributed by atoms with Gasteiger partial charge < -0.3 is 24.4 Å². The van der Waals surface area contributed by atoms with Crippen LogP contribution in [0.25, 0.3) is 0 Å². The van der Waals surface area contributed by atoms with Crippen LogP contribution >= 0.6 is 11.8 Å². The minimum atomic E-state index is -0.210. The number of likely N-dealkylation sites (N-methyl/N-ethyl adjacent to an activating group) is 1. The highest BCUT2D eigenvalue weighted by molar-refractivity contribution is 7.99. The van der Waals surface area contributed by atoms with Gasteiger partial charge in [0.25, 0.3) is 0 Å². The molecule has 0 spiro atoms. The summed E-state index contributed by atoms with van der Waals surface area (Å²) in [5.74, 6) is 0.619. The van der Waals surface area contributed by atoms with Gasteiger partial charge in [-0.15, -0.1) is 0 Å². The standard InChI is InChI=1S/C39H76N2O6S/c1-4-6-8-10-12-14-16-18-20-22-24-26-38(44)46-33-29-41(37(43)36-48-35-31-40(3)28-32-42)30-34-47-39(45)27-25-23-21-19-17-15-13-11-9-7-5-2/h42H,4-36H2,1-3H3. The van der Waals surface area contributed by atoms with Crippen molar-refractivity contribution in [1.82, 2.24) is 9.80 Å². The average molecular weight is 701 g/mol. The topological polar surface area (TPSA) is 96.4 Å². The normalized spacial score (nSPS) is 11.3. The number of nitrogens with zero attached hydrogens (tertiary/aromatic N) is 2. The van der Waals surface area contributed by atoms with Crippen LogP contribution in [0.3, 0.4) is 0 Å². The Hall–Kier alpha value is -1.32. The summed E-state index contributed by atoms with van der Waals surface area (Å²) in [6, 6.07) is 0. The van der Waals surface area contributed by atoms with E-state index < -0.39 is 0 Å². The smallest absolute Gasteiger partial charge is 0.305 e. The van der Waals surface area contributed by atoms with Gasteiger partial charge in [-0.25, -0.2) is 0 Å². The van der Waals surface area contributed by atoms with Crippen LogP contribution in [0.15, 0.2) is 0 Å². The van der Waals surface area contributed by atoms with Gasteiger partial charge in [0, 0.05) is 31.7 Å². The second-order valence-electron chi connectivity index (χ2n) is 13.5. The number of esters is 2. The molecule has 0 saturated carbocycles. The zero-order valence-corrected chi connectivity index (χ0v) is 32.4. The molecule has 284 valence electrons. The van der Waals surface area contributed by atoms with E-state index in [-0.39, 0.29) is 37.7 Å². The average Bonchev–Trinajstić information content (AvgIpc) is 3.07. The van der Waals surface area contributed by atoms with E-state index in [9.17, 15) is 14.4 Å². The molecule has 48 heavy (non-hydrogen) atoms. The summed E-state index contributed by atoms with van der Waals surface area (Å²) in [6.45, 7) is 6.90. The number of aliphatic hydroxyl groups is 1. The highest BCUT2D eigenvalue weighted by Crippen LogP contribution is 2.14. The SMILES string of the molecule is CCCCCCCCCCCCCC(=O)OCCN(CCOC(=O)CCCCCCCCCCCCC)C(=O)CSCCN(C)CCO. The molecule has 0 aliphatic carbocycles. The number of unbranched alkanes of at least 4 members (excludes halogenated alkanes) is 20. The number of hydrogen-bond donors (Lipinski definition) is 1. The number of amides is 1. The van der Waals surface area contributed by atoms with Crippen molar-refractivity contribution in [2.24, 2.45) is 0 Å². The van der Waals surface area contributed by atoms with Gasteiger partial charge in [-0.3, -0.25) is 14.4 Å². The molecule has 0 aromatic carbocycles. The van der Waals surface area contributed by atoms with Gasteiger partial charge in [0.15, 0.2) is 0 Å². The van der Waals surface area contributed by atoms with Gasteiger partial charge in [-0.05, 0) is 19.9 Å². The molecule has 0 unspecified atom stereocenters. The Balaban J connectivity index is 4.26. The van der Waals surface area contributed by atoms with E-state index in [0.29, 0.717) is 38.2 Å². The molecule has 8 nitrogen and oxygen atoms in total. The molecular formula is C39H76N2O6S. The molecule has 0 aliphatic heterocycles. The van der Waals surface area contributed by atoms with Crippen molar-refractivity contribution >= 4 is 29.6 Å². The summed E-state index contributed by atoms with van der Waals surface area (Å²) in [6.07, 6.45) is 28.0. The lowest BCUT2D eigenvalue weighted by Gasteiger charge is -2.23. The van der Waals surface area contributed by atoms with Crippen LogP contribution in [0.1, 0.15) is 168 Å². The highest BCUT2D eigenvalue weighted by atomic mass is 32.2. The largest absolute Gasteiger partial charge is 0.464 e. The number of ether oxygens (including phenoxy) is 2. The lowest BCUT2D eigenvalue weighted by Crippen LogP contribution is -2.38. The Labute approximate surface area is 300 Å². The third-order valence-electron chi connectivity index (χ3n) is 8.89. The fraction of sp³-hybridized carbons (Fsp3) is 0.923. The first kappa shape index (κ1) is 46.7. The van der Waals surface area contributed by atoms with E-state index in [1.165, 1.54) is 103 Å². The number of rotatable bonds is 37. The van der Waals surface area contributed by atoms with Crippen molar-refractivity contribution in [3.05, 3.63) is 0 Å². The molecule has 0 radical (unpaired) electrons. The van der Waals surface area contributed by atoms with Crippen molar-refractivity contribution < 1.29 is 29.0 Å². The van der Waals surface area contributed by atoms with E-state index in [2.05, 4.69) is 13.8 Å². The molecule has 0 bridgehead atoms. The maximum absolute atomic E-state index is 13.0. The zero-order chi connectivity index (χ0) is 35.3. The molecule has 0 saturated heterocycles. The fourth-order valence-corrected chi connectivity index (χ4v) is 6.61. The van der Waals surface area contributed by atoms with E-state index in [1.54, 1.807) is 16.7 Å². The van der Waals surface area contributed by atoms with Gasteiger partial charge in [-0.2, -0.15) is 11.8 Å². The van der Waals surface area contributed by atoms with Crippen molar-refractivity contribution in [3.63, 3.8) is 0 Å². The van der Waals surface area contributed by atoms with Crippen LogP contribution in [-0.4, -0.2) is 97.3 Å². The number of aliphatic hydroxyl groups excluding tert-OH is 1. The maximum atomic E-state index is 13.0. The van der Waals surface area contributed by atoms with Crippen LogP contribution in [0.4, 0.5) is 0 Å². The summed E-state index contributed by atoms with van der Waals surface area (Å²) in [5, 5.41) is 9.07. The third-order valence-corrected chi connectivity index (χ3v) is 9.82. The minimum Gasteiger partial charge on any atom is -0.464 e. The zero-order valence-electron chi connectivity index (χ0n) is 31.6. The quantitative estimate of drug-likeness (QED) is 0.0507. The van der Waals surface area contributed by atoms with Gasteiger partial charge >= 0.3 is 11.9 Å². The molecule has 0 aromatic heterocycles. The van der Waals surface area contributed by atoms with Crippen molar-refractivity contribution in [2.45, 2.75) is 168 Å². The predicted molar refractivity (Wildman–Crippen MR) is 203 cm³/mol. The Morgan fingerprint density at radius 1 is 0.542 bits per heavy atom. The number of thioether (sulfide) groups is 1. The first-order valence-corrected chi connectivity index (χ1v) is 21.1. The summed E-state index contributed by atoms with van der Waals surface area (Å²) in [4.78, 5) is 41.3. The van der Waals surface area contributed by atoms with Crippen LogP contribution in [0, 0.1) is 0 Å². The maximum Gasteiger partial charge on any atom is 0.305 e. The molecule has 0 atom stereocenters. The Kier molecular flexibility index (Phi) is 35.9. The Morgan fingerprint density at radius 2 is 0.917 bits per heavy atom. The summed E-state index contributed by atoms with van der Waals surface area (Å²) in [5.41, 5.74) is 0. The molecule has 1 N–H and O–H groups in total. The predicted octanol–water partition coefficient (Wildman–Crippen LogP) is 8.96. The molecular weight excluding hydrogens is 625 g/mol. The molecule has 0 heterocycles. The van der Waals surface area contributed by atoms with Gasteiger partial charge in [0.2, 0.25) is 5.91 Å². The Bertz CT molecular complexity index is 697. The van der Waals surface area contributed by atoms with Gasteiger partial charge in [0.05, 0.1) is 25.4 Å². The van der Waals surface area contributed by atoms with Crippen molar-refractivity contribution in [3.8, 4) is 0 Å².